The van der Waals surface area contributed by atoms with Crippen LogP contribution in [0.25, 0.3) is 0 Å². The second-order valence-electron chi connectivity index (χ2n) is 5.58. The number of hydrogen-bond acceptors (Lipinski definition) is 2. The average molecular weight is 308 g/mol. The van der Waals surface area contributed by atoms with Crippen LogP contribution in [0.15, 0.2) is 22.7 Å². The molecule has 1 aliphatic heterocycles. The average Bonchev–Trinajstić information content (AvgIpc) is 2.88. The Morgan fingerprint density at radius 1 is 1.28 bits per heavy atom. The molecular formula is C15H18BrNO. The van der Waals surface area contributed by atoms with Crippen LogP contribution in [0.5, 0.6) is 0 Å². The van der Waals surface area contributed by atoms with Crippen molar-refractivity contribution in [3.63, 3.8) is 0 Å². The Morgan fingerprint density at radius 2 is 1.94 bits per heavy atom. The monoisotopic (exact) mass is 307 g/mol. The van der Waals surface area contributed by atoms with E-state index in [0.29, 0.717) is 0 Å². The van der Waals surface area contributed by atoms with E-state index in [9.17, 15) is 4.79 Å². The molecule has 1 saturated carbocycles. The third-order valence-electron chi connectivity index (χ3n) is 4.42. The molecule has 0 radical (unpaired) electrons. The van der Waals surface area contributed by atoms with E-state index in [4.69, 9.17) is 0 Å². The van der Waals surface area contributed by atoms with E-state index in [1.807, 2.05) is 12.1 Å². The largest absolute Gasteiger partial charge is 0.370 e. The van der Waals surface area contributed by atoms with Crippen molar-refractivity contribution >= 4 is 27.4 Å². The molecule has 2 aliphatic rings. The third kappa shape index (κ3) is 2.09. The summed E-state index contributed by atoms with van der Waals surface area (Å²) in [5, 5.41) is 0. The van der Waals surface area contributed by atoms with Crippen molar-refractivity contribution in [3.8, 4) is 0 Å². The summed E-state index contributed by atoms with van der Waals surface area (Å²) in [6.07, 6.45) is 4.20. The number of carbonyl (C=O) groups excluding carboxylic acids is 1. The minimum atomic E-state index is 0.126. The fourth-order valence-electron chi connectivity index (χ4n) is 3.41. The molecule has 0 N–H and O–H groups in total. The Bertz CT molecular complexity index is 473. The van der Waals surface area contributed by atoms with E-state index in [1.165, 1.54) is 38.0 Å². The number of hydrogen-bond donors (Lipinski definition) is 0. The number of benzene rings is 1. The number of carbonyl (C=O) groups is 1. The maximum Gasteiger partial charge on any atom is 0.159 e. The highest BCUT2D eigenvalue weighted by atomic mass is 79.9. The SMILES string of the molecule is CC(=O)c1ccc(N2CC3CCCC3C2)c(Br)c1. The number of rotatable bonds is 2. The van der Waals surface area contributed by atoms with Gasteiger partial charge in [-0.15, -0.1) is 0 Å². The van der Waals surface area contributed by atoms with Crippen LogP contribution in [0.3, 0.4) is 0 Å². The zero-order valence-electron chi connectivity index (χ0n) is 10.7. The second kappa shape index (κ2) is 4.69. The lowest BCUT2D eigenvalue weighted by Gasteiger charge is -2.21. The summed E-state index contributed by atoms with van der Waals surface area (Å²) in [7, 11) is 0. The molecular weight excluding hydrogens is 290 g/mol. The van der Waals surface area contributed by atoms with Crippen LogP contribution in [0.4, 0.5) is 5.69 Å². The van der Waals surface area contributed by atoms with Crippen molar-refractivity contribution in [2.45, 2.75) is 26.2 Å². The molecule has 1 saturated heterocycles. The highest BCUT2D eigenvalue weighted by Crippen LogP contribution is 2.41. The first-order chi connectivity index (χ1) is 8.65. The zero-order chi connectivity index (χ0) is 12.7. The van der Waals surface area contributed by atoms with Gasteiger partial charge in [0.25, 0.3) is 0 Å². The Labute approximate surface area is 116 Å². The van der Waals surface area contributed by atoms with Crippen molar-refractivity contribution in [1.82, 2.24) is 0 Å². The topological polar surface area (TPSA) is 20.3 Å². The van der Waals surface area contributed by atoms with Gasteiger partial charge in [0.2, 0.25) is 0 Å². The highest BCUT2D eigenvalue weighted by molar-refractivity contribution is 9.10. The molecule has 0 amide bonds. The van der Waals surface area contributed by atoms with Gasteiger partial charge in [-0.2, -0.15) is 0 Å². The number of anilines is 1. The van der Waals surface area contributed by atoms with Gasteiger partial charge in [-0.05, 0) is 65.7 Å². The zero-order valence-corrected chi connectivity index (χ0v) is 12.2. The van der Waals surface area contributed by atoms with Crippen molar-refractivity contribution < 1.29 is 4.79 Å². The quantitative estimate of drug-likeness (QED) is 0.773. The first-order valence-electron chi connectivity index (χ1n) is 6.70. The summed E-state index contributed by atoms with van der Waals surface area (Å²) < 4.78 is 1.05. The van der Waals surface area contributed by atoms with Crippen LogP contribution < -0.4 is 4.90 Å². The van der Waals surface area contributed by atoms with Crippen molar-refractivity contribution in [2.75, 3.05) is 18.0 Å². The number of Topliss-reactive ketones (excluding diaryl/α,β-unsaturated/α-hetero) is 1. The molecule has 2 nitrogen and oxygen atoms in total. The van der Waals surface area contributed by atoms with Crippen molar-refractivity contribution in [3.05, 3.63) is 28.2 Å². The molecule has 96 valence electrons. The minimum absolute atomic E-state index is 0.126. The smallest absolute Gasteiger partial charge is 0.159 e. The summed E-state index contributed by atoms with van der Waals surface area (Å²) in [5.74, 6) is 1.91. The molecule has 3 rings (SSSR count). The van der Waals surface area contributed by atoms with Gasteiger partial charge < -0.3 is 4.90 Å². The van der Waals surface area contributed by atoms with Gasteiger partial charge in [0.1, 0.15) is 0 Å². The minimum Gasteiger partial charge on any atom is -0.370 e. The number of nitrogens with zero attached hydrogens (tertiary/aromatic N) is 1. The molecule has 3 heteroatoms. The van der Waals surface area contributed by atoms with Crippen LogP contribution in [0.1, 0.15) is 36.5 Å². The van der Waals surface area contributed by atoms with E-state index >= 15 is 0 Å². The second-order valence-corrected chi connectivity index (χ2v) is 6.43. The van der Waals surface area contributed by atoms with Gasteiger partial charge in [-0.25, -0.2) is 0 Å². The maximum absolute atomic E-state index is 11.4. The molecule has 0 bridgehead atoms. The summed E-state index contributed by atoms with van der Waals surface area (Å²) in [6, 6.07) is 5.98. The summed E-state index contributed by atoms with van der Waals surface area (Å²) in [5.41, 5.74) is 2.03. The van der Waals surface area contributed by atoms with E-state index in [0.717, 1.165) is 21.9 Å². The van der Waals surface area contributed by atoms with E-state index < -0.39 is 0 Å². The maximum atomic E-state index is 11.4. The first kappa shape index (κ1) is 12.2. The lowest BCUT2D eigenvalue weighted by Crippen LogP contribution is -2.21. The summed E-state index contributed by atoms with van der Waals surface area (Å²) >= 11 is 3.61. The molecule has 2 fully saturated rings. The molecule has 18 heavy (non-hydrogen) atoms. The van der Waals surface area contributed by atoms with Gasteiger partial charge >= 0.3 is 0 Å². The molecule has 1 aromatic rings. The van der Waals surface area contributed by atoms with Gasteiger partial charge in [0.05, 0.1) is 5.69 Å². The lowest BCUT2D eigenvalue weighted by atomic mass is 10.0. The Kier molecular flexibility index (Phi) is 3.18. The van der Waals surface area contributed by atoms with Crippen LogP contribution in [0, 0.1) is 11.8 Å². The third-order valence-corrected chi connectivity index (χ3v) is 5.06. The number of halogens is 1. The predicted octanol–water partition coefficient (Wildman–Crippen LogP) is 3.89. The van der Waals surface area contributed by atoms with Gasteiger partial charge in [-0.3, -0.25) is 4.79 Å². The van der Waals surface area contributed by atoms with Crippen LogP contribution >= 0.6 is 15.9 Å². The van der Waals surface area contributed by atoms with Gasteiger partial charge in [0, 0.05) is 23.1 Å². The molecule has 1 aliphatic carbocycles. The molecule has 2 unspecified atom stereocenters. The summed E-state index contributed by atoms with van der Waals surface area (Å²) in [6.45, 7) is 3.98. The van der Waals surface area contributed by atoms with E-state index in [-0.39, 0.29) is 5.78 Å². The Balaban J connectivity index is 1.83. The molecule has 0 aromatic heterocycles. The van der Waals surface area contributed by atoms with E-state index in [1.54, 1.807) is 6.92 Å². The van der Waals surface area contributed by atoms with Crippen molar-refractivity contribution in [1.29, 1.82) is 0 Å². The number of ketones is 1. The molecule has 1 aromatic carbocycles. The predicted molar refractivity (Wildman–Crippen MR) is 77.2 cm³/mol. The normalized spacial score (nSPS) is 26.4. The highest BCUT2D eigenvalue weighted by Gasteiger charge is 2.36. The van der Waals surface area contributed by atoms with Crippen LogP contribution in [-0.2, 0) is 0 Å². The van der Waals surface area contributed by atoms with E-state index in [2.05, 4.69) is 26.9 Å². The van der Waals surface area contributed by atoms with Crippen LogP contribution in [0.2, 0.25) is 0 Å². The Hall–Kier alpha value is -0.830. The molecule has 0 spiro atoms. The van der Waals surface area contributed by atoms with Gasteiger partial charge in [0.15, 0.2) is 5.78 Å². The lowest BCUT2D eigenvalue weighted by molar-refractivity contribution is 0.101. The fraction of sp³-hybridized carbons (Fsp3) is 0.533. The first-order valence-corrected chi connectivity index (χ1v) is 7.50. The van der Waals surface area contributed by atoms with Crippen molar-refractivity contribution in [2.24, 2.45) is 11.8 Å². The fourth-order valence-corrected chi connectivity index (χ4v) is 4.04. The van der Waals surface area contributed by atoms with Gasteiger partial charge in [-0.1, -0.05) is 6.42 Å². The van der Waals surface area contributed by atoms with Crippen LogP contribution in [-0.4, -0.2) is 18.9 Å². The number of fused-ring (bicyclic) bond motifs is 1. The standard InChI is InChI=1S/C15H18BrNO/c1-10(18)11-5-6-15(14(16)7-11)17-8-12-3-2-4-13(12)9-17/h5-7,12-13H,2-4,8-9H2,1H3. The summed E-state index contributed by atoms with van der Waals surface area (Å²) in [4.78, 5) is 13.8. The molecule has 1 heterocycles. The Morgan fingerprint density at radius 3 is 2.50 bits per heavy atom. The molecule has 2 atom stereocenters.